The number of rotatable bonds is 11. The highest BCUT2D eigenvalue weighted by Crippen LogP contribution is 2.20. The molecule has 0 unspecified atom stereocenters. The Balaban J connectivity index is 1.43. The number of sulfonamides is 1. The Hall–Kier alpha value is -2.62. The normalized spacial score (nSPS) is 15.2. The number of unbranched alkanes of at least 4 members (excludes halogenated alkanes) is 1. The molecule has 33 heavy (non-hydrogen) atoms. The number of likely N-dealkylation sites (N-methyl/N-ethyl adjacent to an activating group) is 1. The molecule has 1 fully saturated rings. The molecular weight excluding hydrogens is 440 g/mol. The van der Waals surface area contributed by atoms with E-state index >= 15 is 0 Å². The number of anilines is 1. The van der Waals surface area contributed by atoms with Gasteiger partial charge in [0, 0.05) is 44.0 Å². The maximum absolute atomic E-state index is 12.6. The van der Waals surface area contributed by atoms with Gasteiger partial charge in [0.2, 0.25) is 0 Å². The first-order valence-corrected chi connectivity index (χ1v) is 12.9. The smallest absolute Gasteiger partial charge is 0.261 e. The second kappa shape index (κ2) is 12.0. The molecule has 1 heterocycles. The Morgan fingerprint density at radius 1 is 0.970 bits per heavy atom. The van der Waals surface area contributed by atoms with Crippen LogP contribution in [0.15, 0.2) is 53.4 Å². The molecule has 2 aromatic carbocycles. The van der Waals surface area contributed by atoms with E-state index in [-0.39, 0.29) is 10.8 Å². The van der Waals surface area contributed by atoms with Gasteiger partial charge in [-0.25, -0.2) is 8.42 Å². The van der Waals surface area contributed by atoms with Crippen LogP contribution in [0.1, 0.15) is 30.1 Å². The molecule has 1 aliphatic heterocycles. The van der Waals surface area contributed by atoms with Crippen molar-refractivity contribution in [2.24, 2.45) is 0 Å². The number of nitrogens with zero attached hydrogens (tertiary/aromatic N) is 2. The highest BCUT2D eigenvalue weighted by atomic mass is 32.2. The van der Waals surface area contributed by atoms with Gasteiger partial charge in [-0.05, 0) is 81.9 Å². The molecule has 180 valence electrons. The minimum Gasteiger partial charge on any atom is -0.494 e. The lowest BCUT2D eigenvalue weighted by Gasteiger charge is -2.32. The van der Waals surface area contributed by atoms with E-state index in [1.54, 1.807) is 24.3 Å². The molecule has 0 saturated carbocycles. The van der Waals surface area contributed by atoms with E-state index in [9.17, 15) is 13.2 Å². The fraction of sp³-hybridized carbons (Fsp3) is 0.458. The third kappa shape index (κ3) is 7.73. The Labute approximate surface area is 197 Å². The lowest BCUT2D eigenvalue weighted by molar-refractivity contribution is 0.0951. The number of benzene rings is 2. The average molecular weight is 475 g/mol. The van der Waals surface area contributed by atoms with E-state index in [1.165, 1.54) is 24.3 Å². The summed E-state index contributed by atoms with van der Waals surface area (Å²) in [7, 11) is -1.60. The fourth-order valence-corrected chi connectivity index (χ4v) is 4.68. The summed E-state index contributed by atoms with van der Waals surface area (Å²) in [5, 5.41) is 2.91. The van der Waals surface area contributed by atoms with Crippen LogP contribution in [0.25, 0.3) is 0 Å². The van der Waals surface area contributed by atoms with Crippen LogP contribution >= 0.6 is 0 Å². The van der Waals surface area contributed by atoms with Gasteiger partial charge in [0.05, 0.1) is 11.5 Å². The lowest BCUT2D eigenvalue weighted by Crippen LogP contribution is -2.44. The first-order valence-electron chi connectivity index (χ1n) is 11.4. The number of piperazine rings is 1. The van der Waals surface area contributed by atoms with Crippen molar-refractivity contribution < 1.29 is 17.9 Å². The molecular formula is C24H34N4O4S. The SMILES string of the molecule is CCOc1ccc(NS(=O)(=O)c2ccc(C(=O)NCCCCN3CCN(C)CC3)cc2)cc1. The van der Waals surface area contributed by atoms with Gasteiger partial charge in [-0.1, -0.05) is 0 Å². The van der Waals surface area contributed by atoms with Gasteiger partial charge < -0.3 is 19.9 Å². The van der Waals surface area contributed by atoms with E-state index in [2.05, 4.69) is 26.9 Å². The molecule has 2 N–H and O–H groups in total. The molecule has 3 rings (SSSR count). The molecule has 8 nitrogen and oxygen atoms in total. The van der Waals surface area contributed by atoms with Crippen molar-refractivity contribution in [2.45, 2.75) is 24.7 Å². The summed E-state index contributed by atoms with van der Waals surface area (Å²) in [6.45, 7) is 8.51. The predicted molar refractivity (Wildman–Crippen MR) is 130 cm³/mol. The molecule has 9 heteroatoms. The van der Waals surface area contributed by atoms with Crippen molar-refractivity contribution >= 4 is 21.6 Å². The highest BCUT2D eigenvalue weighted by molar-refractivity contribution is 7.92. The lowest BCUT2D eigenvalue weighted by atomic mass is 10.2. The maximum Gasteiger partial charge on any atom is 0.261 e. The van der Waals surface area contributed by atoms with Gasteiger partial charge in [0.15, 0.2) is 0 Å². The van der Waals surface area contributed by atoms with Crippen molar-refractivity contribution in [1.82, 2.24) is 15.1 Å². The van der Waals surface area contributed by atoms with Crippen LogP contribution in [-0.4, -0.2) is 77.0 Å². The van der Waals surface area contributed by atoms with Crippen LogP contribution in [0.5, 0.6) is 5.75 Å². The van der Waals surface area contributed by atoms with Crippen molar-refractivity contribution in [1.29, 1.82) is 0 Å². The van der Waals surface area contributed by atoms with E-state index in [0.717, 1.165) is 45.6 Å². The first kappa shape index (κ1) is 25.0. The van der Waals surface area contributed by atoms with Gasteiger partial charge in [-0.3, -0.25) is 9.52 Å². The van der Waals surface area contributed by atoms with Crippen LogP contribution in [0.4, 0.5) is 5.69 Å². The second-order valence-corrected chi connectivity index (χ2v) is 9.88. The Morgan fingerprint density at radius 2 is 1.64 bits per heavy atom. The van der Waals surface area contributed by atoms with Crippen molar-refractivity contribution in [2.75, 3.05) is 57.6 Å². The quantitative estimate of drug-likeness (QED) is 0.487. The molecule has 0 radical (unpaired) electrons. The highest BCUT2D eigenvalue weighted by Gasteiger charge is 2.16. The van der Waals surface area contributed by atoms with Crippen LogP contribution < -0.4 is 14.8 Å². The van der Waals surface area contributed by atoms with Crippen molar-refractivity contribution in [3.05, 3.63) is 54.1 Å². The number of carbonyl (C=O) groups is 1. The zero-order valence-corrected chi connectivity index (χ0v) is 20.2. The summed E-state index contributed by atoms with van der Waals surface area (Å²) in [5.41, 5.74) is 0.880. The molecule has 0 spiro atoms. The van der Waals surface area contributed by atoms with Crippen molar-refractivity contribution in [3.8, 4) is 5.75 Å². The fourth-order valence-electron chi connectivity index (χ4n) is 3.62. The maximum atomic E-state index is 12.6. The monoisotopic (exact) mass is 474 g/mol. The van der Waals surface area contributed by atoms with Gasteiger partial charge in [-0.2, -0.15) is 0 Å². The van der Waals surface area contributed by atoms with E-state index in [1.807, 2.05) is 6.92 Å². The molecule has 2 aromatic rings. The molecule has 0 aromatic heterocycles. The summed E-state index contributed by atoms with van der Waals surface area (Å²) >= 11 is 0. The third-order valence-electron chi connectivity index (χ3n) is 5.63. The van der Waals surface area contributed by atoms with Crippen LogP contribution in [-0.2, 0) is 10.0 Å². The summed E-state index contributed by atoms with van der Waals surface area (Å²) < 4.78 is 33.2. The van der Waals surface area contributed by atoms with Gasteiger partial charge >= 0.3 is 0 Å². The number of amides is 1. The van der Waals surface area contributed by atoms with Crippen LogP contribution in [0, 0.1) is 0 Å². The number of nitrogens with one attached hydrogen (secondary N) is 2. The van der Waals surface area contributed by atoms with Crippen LogP contribution in [0.2, 0.25) is 0 Å². The Bertz CT molecular complexity index is 986. The second-order valence-electron chi connectivity index (χ2n) is 8.20. The first-order chi connectivity index (χ1) is 15.9. The molecule has 0 bridgehead atoms. The summed E-state index contributed by atoms with van der Waals surface area (Å²) in [6.07, 6.45) is 1.95. The van der Waals surface area contributed by atoms with Crippen LogP contribution in [0.3, 0.4) is 0 Å². The summed E-state index contributed by atoms with van der Waals surface area (Å²) in [4.78, 5) is 17.3. The van der Waals surface area contributed by atoms with E-state index in [0.29, 0.717) is 30.2 Å². The minimum atomic E-state index is -3.75. The summed E-state index contributed by atoms with van der Waals surface area (Å²) in [6, 6.07) is 12.7. The molecule has 1 saturated heterocycles. The minimum absolute atomic E-state index is 0.0973. The number of hydrogen-bond donors (Lipinski definition) is 2. The van der Waals surface area contributed by atoms with Gasteiger partial charge in [0.25, 0.3) is 15.9 Å². The third-order valence-corrected chi connectivity index (χ3v) is 7.02. The average Bonchev–Trinajstić information content (AvgIpc) is 2.81. The Kier molecular flexibility index (Phi) is 9.11. The zero-order valence-electron chi connectivity index (χ0n) is 19.4. The largest absolute Gasteiger partial charge is 0.494 e. The molecule has 0 aliphatic carbocycles. The predicted octanol–water partition coefficient (Wildman–Crippen LogP) is 2.64. The molecule has 1 amide bonds. The Morgan fingerprint density at radius 3 is 2.27 bits per heavy atom. The number of ether oxygens (including phenoxy) is 1. The molecule has 0 atom stereocenters. The topological polar surface area (TPSA) is 91.0 Å². The van der Waals surface area contributed by atoms with Crippen molar-refractivity contribution in [3.63, 3.8) is 0 Å². The number of carbonyl (C=O) groups excluding carboxylic acids is 1. The van der Waals surface area contributed by atoms with E-state index in [4.69, 9.17) is 4.74 Å². The van der Waals surface area contributed by atoms with Gasteiger partial charge in [-0.15, -0.1) is 0 Å². The van der Waals surface area contributed by atoms with E-state index < -0.39 is 10.0 Å². The summed E-state index contributed by atoms with van der Waals surface area (Å²) in [5.74, 6) is 0.480. The van der Waals surface area contributed by atoms with Gasteiger partial charge in [0.1, 0.15) is 5.75 Å². The standard InChI is InChI=1S/C24H34N4O4S/c1-3-32-22-10-8-21(9-11-22)26-33(30,31)23-12-6-20(7-13-23)24(29)25-14-4-5-15-28-18-16-27(2)17-19-28/h6-13,26H,3-5,14-19H2,1-2H3,(H,25,29). The molecule has 1 aliphatic rings. The zero-order chi connectivity index (χ0) is 23.7. The number of hydrogen-bond acceptors (Lipinski definition) is 6.